The van der Waals surface area contributed by atoms with Crippen LogP contribution in [0.25, 0.3) is 0 Å². The molecule has 0 fully saturated rings. The van der Waals surface area contributed by atoms with E-state index in [0.29, 0.717) is 22.0 Å². The molecule has 120 valence electrons. The summed E-state index contributed by atoms with van der Waals surface area (Å²) in [5.41, 5.74) is 2.26. The molecule has 3 aromatic carbocycles. The van der Waals surface area contributed by atoms with E-state index >= 15 is 0 Å². The van der Waals surface area contributed by atoms with Crippen molar-refractivity contribution in [3.8, 4) is 11.5 Å². The third-order valence-electron chi connectivity index (χ3n) is 3.46. The Labute approximate surface area is 145 Å². The third-order valence-corrected chi connectivity index (χ3v) is 3.79. The minimum Gasteiger partial charge on any atom is -0.457 e. The Bertz CT molecular complexity index is 860. The number of aryl methyl sites for hydroxylation is 1. The highest BCUT2D eigenvalue weighted by Gasteiger charge is 2.09. The van der Waals surface area contributed by atoms with E-state index < -0.39 is 0 Å². The molecule has 0 aromatic heterocycles. The number of hydrogen-bond donors (Lipinski definition) is 1. The maximum atomic E-state index is 12.2. The van der Waals surface area contributed by atoms with Crippen LogP contribution in [0, 0.1) is 6.92 Å². The van der Waals surface area contributed by atoms with Gasteiger partial charge in [-0.05, 0) is 61.0 Å². The van der Waals surface area contributed by atoms with Crippen molar-refractivity contribution in [2.24, 2.45) is 0 Å². The van der Waals surface area contributed by atoms with Crippen LogP contribution >= 0.6 is 11.6 Å². The Hall–Kier alpha value is -2.78. The van der Waals surface area contributed by atoms with E-state index in [1.54, 1.807) is 36.4 Å². The first-order valence-electron chi connectivity index (χ1n) is 7.52. The molecule has 0 radical (unpaired) electrons. The number of hydrogen-bond acceptors (Lipinski definition) is 2. The summed E-state index contributed by atoms with van der Waals surface area (Å²) in [6.07, 6.45) is 0. The summed E-state index contributed by atoms with van der Waals surface area (Å²) in [5.74, 6) is 1.24. The lowest BCUT2D eigenvalue weighted by molar-refractivity contribution is 0.102. The Balaban J connectivity index is 1.68. The lowest BCUT2D eigenvalue weighted by Crippen LogP contribution is -2.12. The highest BCUT2D eigenvalue weighted by Crippen LogP contribution is 2.24. The number of halogens is 1. The summed E-state index contributed by atoms with van der Waals surface area (Å²) >= 11 is 6.03. The monoisotopic (exact) mass is 337 g/mol. The van der Waals surface area contributed by atoms with Gasteiger partial charge in [-0.1, -0.05) is 35.9 Å². The molecular weight excluding hydrogens is 322 g/mol. The van der Waals surface area contributed by atoms with Gasteiger partial charge < -0.3 is 10.1 Å². The minimum atomic E-state index is -0.243. The van der Waals surface area contributed by atoms with Crippen LogP contribution in [0.15, 0.2) is 72.8 Å². The first kappa shape index (κ1) is 16.1. The van der Waals surface area contributed by atoms with Crippen LogP contribution in [0.3, 0.4) is 0 Å². The molecule has 3 rings (SSSR count). The standard InChI is InChI=1S/C20H16ClNO2/c1-14-5-4-6-17(13-14)24-16-11-9-15(10-12-16)22-20(23)18-7-2-3-8-19(18)21/h2-13H,1H3,(H,22,23). The van der Waals surface area contributed by atoms with Crippen LogP contribution in [-0.4, -0.2) is 5.91 Å². The van der Waals surface area contributed by atoms with E-state index in [1.807, 2.05) is 43.3 Å². The summed E-state index contributed by atoms with van der Waals surface area (Å²) in [4.78, 5) is 12.2. The van der Waals surface area contributed by atoms with Crippen molar-refractivity contribution in [3.05, 3.63) is 88.9 Å². The average Bonchev–Trinajstić information content (AvgIpc) is 2.57. The van der Waals surface area contributed by atoms with Crippen LogP contribution in [0.2, 0.25) is 5.02 Å². The van der Waals surface area contributed by atoms with Crippen molar-refractivity contribution in [2.75, 3.05) is 5.32 Å². The van der Waals surface area contributed by atoms with Crippen molar-refractivity contribution in [2.45, 2.75) is 6.92 Å². The molecule has 0 spiro atoms. The SMILES string of the molecule is Cc1cccc(Oc2ccc(NC(=O)c3ccccc3Cl)cc2)c1. The van der Waals surface area contributed by atoms with Gasteiger partial charge in [-0.3, -0.25) is 4.79 Å². The van der Waals surface area contributed by atoms with Gasteiger partial charge in [-0.15, -0.1) is 0 Å². The fourth-order valence-corrected chi connectivity index (χ4v) is 2.49. The van der Waals surface area contributed by atoms with E-state index in [0.717, 1.165) is 11.3 Å². The van der Waals surface area contributed by atoms with Crippen LogP contribution in [-0.2, 0) is 0 Å². The summed E-state index contributed by atoms with van der Waals surface area (Å²) in [6.45, 7) is 2.01. The fraction of sp³-hybridized carbons (Fsp3) is 0.0500. The molecule has 1 N–H and O–H groups in total. The highest BCUT2D eigenvalue weighted by atomic mass is 35.5. The Morgan fingerprint density at radius 3 is 2.38 bits per heavy atom. The lowest BCUT2D eigenvalue weighted by atomic mass is 10.2. The molecule has 3 nitrogen and oxygen atoms in total. The molecule has 3 aromatic rings. The molecule has 24 heavy (non-hydrogen) atoms. The van der Waals surface area contributed by atoms with Crippen LogP contribution < -0.4 is 10.1 Å². The molecular formula is C20H16ClNO2. The van der Waals surface area contributed by atoms with Crippen molar-refractivity contribution >= 4 is 23.2 Å². The number of rotatable bonds is 4. The average molecular weight is 338 g/mol. The number of anilines is 1. The van der Waals surface area contributed by atoms with Gasteiger partial charge in [0, 0.05) is 5.69 Å². The number of ether oxygens (including phenoxy) is 1. The Morgan fingerprint density at radius 1 is 0.917 bits per heavy atom. The second-order valence-electron chi connectivity index (χ2n) is 5.38. The lowest BCUT2D eigenvalue weighted by Gasteiger charge is -2.09. The zero-order chi connectivity index (χ0) is 16.9. The highest BCUT2D eigenvalue weighted by molar-refractivity contribution is 6.34. The molecule has 4 heteroatoms. The molecule has 0 aliphatic carbocycles. The molecule has 1 amide bonds. The zero-order valence-corrected chi connectivity index (χ0v) is 13.9. The number of nitrogens with one attached hydrogen (secondary N) is 1. The predicted octanol–water partition coefficient (Wildman–Crippen LogP) is 5.69. The molecule has 0 unspecified atom stereocenters. The van der Waals surface area contributed by atoms with E-state index in [4.69, 9.17) is 16.3 Å². The molecule has 0 bridgehead atoms. The van der Waals surface area contributed by atoms with Gasteiger partial charge in [0.25, 0.3) is 5.91 Å². The smallest absolute Gasteiger partial charge is 0.257 e. The summed E-state index contributed by atoms with van der Waals surface area (Å²) in [6, 6.07) is 22.0. The van der Waals surface area contributed by atoms with Gasteiger partial charge >= 0.3 is 0 Å². The normalized spacial score (nSPS) is 10.2. The van der Waals surface area contributed by atoms with Gasteiger partial charge in [0.1, 0.15) is 11.5 Å². The Kier molecular flexibility index (Phi) is 4.82. The minimum absolute atomic E-state index is 0.243. The largest absolute Gasteiger partial charge is 0.457 e. The van der Waals surface area contributed by atoms with Gasteiger partial charge in [-0.2, -0.15) is 0 Å². The van der Waals surface area contributed by atoms with Crippen molar-refractivity contribution in [1.29, 1.82) is 0 Å². The maximum Gasteiger partial charge on any atom is 0.257 e. The number of amides is 1. The molecule has 0 aliphatic heterocycles. The van der Waals surface area contributed by atoms with Crippen molar-refractivity contribution in [1.82, 2.24) is 0 Å². The number of benzene rings is 3. The zero-order valence-electron chi connectivity index (χ0n) is 13.1. The quantitative estimate of drug-likeness (QED) is 0.663. The summed E-state index contributed by atoms with van der Waals surface area (Å²) in [5, 5.41) is 3.25. The molecule has 0 saturated carbocycles. The Morgan fingerprint density at radius 2 is 1.67 bits per heavy atom. The second-order valence-corrected chi connectivity index (χ2v) is 5.78. The fourth-order valence-electron chi connectivity index (χ4n) is 2.27. The third kappa shape index (κ3) is 3.94. The molecule has 0 heterocycles. The first-order chi connectivity index (χ1) is 11.6. The van der Waals surface area contributed by atoms with Gasteiger partial charge in [-0.25, -0.2) is 0 Å². The van der Waals surface area contributed by atoms with Crippen molar-refractivity contribution in [3.63, 3.8) is 0 Å². The predicted molar refractivity (Wildman–Crippen MR) is 97.1 cm³/mol. The summed E-state index contributed by atoms with van der Waals surface area (Å²) < 4.78 is 5.79. The first-order valence-corrected chi connectivity index (χ1v) is 7.90. The summed E-state index contributed by atoms with van der Waals surface area (Å²) in [7, 11) is 0. The van der Waals surface area contributed by atoms with Crippen molar-refractivity contribution < 1.29 is 9.53 Å². The maximum absolute atomic E-state index is 12.2. The van der Waals surface area contributed by atoms with Gasteiger partial charge in [0.15, 0.2) is 0 Å². The second kappa shape index (κ2) is 7.20. The molecule has 0 aliphatic rings. The van der Waals surface area contributed by atoms with E-state index in [9.17, 15) is 4.79 Å². The van der Waals surface area contributed by atoms with Crippen LogP contribution in [0.4, 0.5) is 5.69 Å². The number of carbonyl (C=O) groups is 1. The van der Waals surface area contributed by atoms with E-state index in [2.05, 4.69) is 5.32 Å². The molecule has 0 atom stereocenters. The van der Waals surface area contributed by atoms with E-state index in [-0.39, 0.29) is 5.91 Å². The van der Waals surface area contributed by atoms with Gasteiger partial charge in [0.05, 0.1) is 10.6 Å². The molecule has 0 saturated heterocycles. The van der Waals surface area contributed by atoms with Crippen LogP contribution in [0.1, 0.15) is 15.9 Å². The van der Waals surface area contributed by atoms with Gasteiger partial charge in [0.2, 0.25) is 0 Å². The van der Waals surface area contributed by atoms with E-state index in [1.165, 1.54) is 0 Å². The number of carbonyl (C=O) groups excluding carboxylic acids is 1. The topological polar surface area (TPSA) is 38.3 Å². The van der Waals surface area contributed by atoms with Crippen LogP contribution in [0.5, 0.6) is 11.5 Å².